The average molecular weight is 334 g/mol. The monoisotopic (exact) mass is 334 g/mol. The van der Waals surface area contributed by atoms with Crippen LogP contribution in [0.5, 0.6) is 0 Å². The van der Waals surface area contributed by atoms with Crippen LogP contribution in [0.25, 0.3) is 10.2 Å². The fourth-order valence-corrected chi connectivity index (χ4v) is 3.66. The normalized spacial score (nSPS) is 11.0. The fraction of sp³-hybridized carbons (Fsp3) is 0.158. The highest BCUT2D eigenvalue weighted by Crippen LogP contribution is 2.27. The molecule has 0 bridgehead atoms. The van der Waals surface area contributed by atoms with Gasteiger partial charge in [-0.05, 0) is 35.6 Å². The quantitative estimate of drug-likeness (QED) is 0.586. The molecule has 3 aromatic heterocycles. The first-order valence-corrected chi connectivity index (χ1v) is 8.79. The third-order valence-electron chi connectivity index (χ3n) is 4.09. The topological polar surface area (TPSA) is 42.7 Å². The van der Waals surface area contributed by atoms with Crippen molar-refractivity contribution in [2.24, 2.45) is 0 Å². The molecular formula is C19H18N4S. The second-order valence-electron chi connectivity index (χ2n) is 5.77. The van der Waals surface area contributed by atoms with Crippen molar-refractivity contribution in [3.8, 4) is 0 Å². The first-order chi connectivity index (χ1) is 11.8. The van der Waals surface area contributed by atoms with E-state index in [-0.39, 0.29) is 0 Å². The van der Waals surface area contributed by atoms with Crippen LogP contribution in [0.2, 0.25) is 0 Å². The lowest BCUT2D eigenvalue weighted by atomic mass is 10.1. The van der Waals surface area contributed by atoms with E-state index in [0.29, 0.717) is 0 Å². The highest BCUT2D eigenvalue weighted by Gasteiger charge is 2.04. The van der Waals surface area contributed by atoms with Crippen LogP contribution in [0.3, 0.4) is 0 Å². The van der Waals surface area contributed by atoms with Crippen LogP contribution in [0, 0.1) is 6.92 Å². The highest BCUT2D eigenvalue weighted by atomic mass is 32.1. The largest absolute Gasteiger partial charge is 0.380 e. The van der Waals surface area contributed by atoms with E-state index >= 15 is 0 Å². The number of hydrogen-bond donors (Lipinski definition) is 1. The van der Waals surface area contributed by atoms with Gasteiger partial charge in [0.15, 0.2) is 0 Å². The molecule has 3 heterocycles. The maximum absolute atomic E-state index is 4.38. The Morgan fingerprint density at radius 1 is 1.08 bits per heavy atom. The van der Waals surface area contributed by atoms with E-state index in [1.807, 2.05) is 31.6 Å². The van der Waals surface area contributed by atoms with Crippen molar-refractivity contribution >= 4 is 27.2 Å². The number of aromatic nitrogens is 3. The third-order valence-corrected chi connectivity index (χ3v) is 5.03. The van der Waals surface area contributed by atoms with Crippen molar-refractivity contribution in [2.75, 3.05) is 5.32 Å². The van der Waals surface area contributed by atoms with Gasteiger partial charge in [0.05, 0.1) is 15.9 Å². The Kier molecular flexibility index (Phi) is 4.01. The Bertz CT molecular complexity index is 970. The number of nitrogens with zero attached hydrogens (tertiary/aromatic N) is 3. The number of imidazole rings is 1. The maximum Gasteiger partial charge on any atom is 0.105 e. The molecule has 120 valence electrons. The zero-order valence-corrected chi connectivity index (χ0v) is 14.3. The number of nitrogens with one attached hydrogen (secondary N) is 1. The molecule has 0 amide bonds. The van der Waals surface area contributed by atoms with E-state index in [9.17, 15) is 0 Å². The minimum atomic E-state index is 0.799. The van der Waals surface area contributed by atoms with Gasteiger partial charge in [-0.25, -0.2) is 4.98 Å². The minimum absolute atomic E-state index is 0.799. The molecule has 0 aliphatic carbocycles. The van der Waals surface area contributed by atoms with Gasteiger partial charge in [-0.15, -0.1) is 11.3 Å². The van der Waals surface area contributed by atoms with Crippen molar-refractivity contribution < 1.29 is 0 Å². The molecule has 4 nitrogen and oxygen atoms in total. The lowest BCUT2D eigenvalue weighted by Gasteiger charge is -2.10. The Morgan fingerprint density at radius 2 is 2.00 bits per heavy atom. The molecule has 0 fully saturated rings. The first kappa shape index (κ1) is 14.9. The number of aryl methyl sites for hydroxylation is 1. The molecule has 24 heavy (non-hydrogen) atoms. The number of anilines is 1. The molecule has 0 saturated heterocycles. The van der Waals surface area contributed by atoms with Gasteiger partial charge in [-0.1, -0.05) is 24.3 Å². The molecule has 1 N–H and O–H groups in total. The van der Waals surface area contributed by atoms with E-state index < -0.39 is 0 Å². The van der Waals surface area contributed by atoms with Crippen LogP contribution in [-0.4, -0.2) is 14.5 Å². The van der Waals surface area contributed by atoms with Crippen LogP contribution >= 0.6 is 11.3 Å². The number of fused-ring (bicyclic) bond motifs is 1. The molecule has 4 rings (SSSR count). The van der Waals surface area contributed by atoms with Crippen LogP contribution in [0.4, 0.5) is 5.69 Å². The second-order valence-corrected chi connectivity index (χ2v) is 6.69. The molecular weight excluding hydrogens is 316 g/mol. The van der Waals surface area contributed by atoms with E-state index in [2.05, 4.69) is 55.6 Å². The first-order valence-electron chi connectivity index (χ1n) is 7.91. The lowest BCUT2D eigenvalue weighted by molar-refractivity contribution is 0.760. The average Bonchev–Trinajstić information content (AvgIpc) is 3.23. The standard InChI is InChI=1S/C19H18N4S/c1-14-20-8-9-23(14)13-16-4-2-3-15(11-16)12-22-17-5-7-21-18-6-10-24-19(17)18/h2-11H,12-13H2,1H3,(H,21,22). The molecule has 0 atom stereocenters. The van der Waals surface area contributed by atoms with Gasteiger partial charge >= 0.3 is 0 Å². The van der Waals surface area contributed by atoms with E-state index in [4.69, 9.17) is 0 Å². The summed E-state index contributed by atoms with van der Waals surface area (Å²) in [5.74, 6) is 1.04. The summed E-state index contributed by atoms with van der Waals surface area (Å²) in [6, 6.07) is 12.8. The third kappa shape index (κ3) is 3.03. The van der Waals surface area contributed by atoms with Crippen LogP contribution in [0.15, 0.2) is 60.4 Å². The Labute approximate surface area is 144 Å². The van der Waals surface area contributed by atoms with Crippen molar-refractivity contribution in [3.05, 3.63) is 77.3 Å². The van der Waals surface area contributed by atoms with Gasteiger partial charge in [0, 0.05) is 31.7 Å². The highest BCUT2D eigenvalue weighted by molar-refractivity contribution is 7.17. The summed E-state index contributed by atoms with van der Waals surface area (Å²) < 4.78 is 3.37. The lowest BCUT2D eigenvalue weighted by Crippen LogP contribution is -2.03. The van der Waals surface area contributed by atoms with Crippen molar-refractivity contribution in [3.63, 3.8) is 0 Å². The molecule has 0 unspecified atom stereocenters. The van der Waals surface area contributed by atoms with E-state index in [0.717, 1.165) is 30.1 Å². The molecule has 4 aromatic rings. The minimum Gasteiger partial charge on any atom is -0.380 e. The molecule has 1 aromatic carbocycles. The van der Waals surface area contributed by atoms with Gasteiger partial charge in [-0.2, -0.15) is 0 Å². The second kappa shape index (κ2) is 6.45. The Hall–Kier alpha value is -2.66. The van der Waals surface area contributed by atoms with Gasteiger partial charge in [0.1, 0.15) is 5.82 Å². The van der Waals surface area contributed by atoms with Gasteiger partial charge < -0.3 is 9.88 Å². The Morgan fingerprint density at radius 3 is 2.88 bits per heavy atom. The summed E-state index contributed by atoms with van der Waals surface area (Å²) in [6.45, 7) is 3.68. The summed E-state index contributed by atoms with van der Waals surface area (Å²) in [5.41, 5.74) is 4.75. The zero-order chi connectivity index (χ0) is 16.4. The predicted octanol–water partition coefficient (Wildman–Crippen LogP) is 4.46. The summed E-state index contributed by atoms with van der Waals surface area (Å²) in [7, 11) is 0. The van der Waals surface area contributed by atoms with Gasteiger partial charge in [-0.3, -0.25) is 4.98 Å². The summed E-state index contributed by atoms with van der Waals surface area (Å²) in [5, 5.41) is 5.62. The number of hydrogen-bond acceptors (Lipinski definition) is 4. The van der Waals surface area contributed by atoms with Crippen LogP contribution in [-0.2, 0) is 13.1 Å². The molecule has 0 spiro atoms. The molecule has 0 aliphatic rings. The number of pyridine rings is 1. The molecule has 0 aliphatic heterocycles. The molecule has 5 heteroatoms. The smallest absolute Gasteiger partial charge is 0.105 e. The van der Waals surface area contributed by atoms with Crippen molar-refractivity contribution in [2.45, 2.75) is 20.0 Å². The summed E-state index contributed by atoms with van der Waals surface area (Å²) in [6.07, 6.45) is 5.72. The summed E-state index contributed by atoms with van der Waals surface area (Å²) in [4.78, 5) is 8.66. The van der Waals surface area contributed by atoms with Crippen molar-refractivity contribution in [1.82, 2.24) is 14.5 Å². The SMILES string of the molecule is Cc1nccn1Cc1cccc(CNc2ccnc3ccsc23)c1. The van der Waals surface area contributed by atoms with Crippen molar-refractivity contribution in [1.29, 1.82) is 0 Å². The predicted molar refractivity (Wildman–Crippen MR) is 99.5 cm³/mol. The van der Waals surface area contributed by atoms with Gasteiger partial charge in [0.25, 0.3) is 0 Å². The number of thiophene rings is 1. The van der Waals surface area contributed by atoms with Crippen LogP contribution < -0.4 is 5.32 Å². The van der Waals surface area contributed by atoms with E-state index in [1.54, 1.807) is 11.3 Å². The Balaban J connectivity index is 1.50. The number of rotatable bonds is 5. The van der Waals surface area contributed by atoms with Crippen LogP contribution in [0.1, 0.15) is 17.0 Å². The fourth-order valence-electron chi connectivity index (χ4n) is 2.82. The van der Waals surface area contributed by atoms with E-state index in [1.165, 1.54) is 15.8 Å². The molecule has 0 radical (unpaired) electrons. The maximum atomic E-state index is 4.38. The zero-order valence-electron chi connectivity index (χ0n) is 13.4. The van der Waals surface area contributed by atoms with Gasteiger partial charge in [0.2, 0.25) is 0 Å². The molecule has 0 saturated carbocycles. The summed E-state index contributed by atoms with van der Waals surface area (Å²) >= 11 is 1.72. The number of benzene rings is 1.